The van der Waals surface area contributed by atoms with Crippen LogP contribution in [-0.2, 0) is 11.2 Å². The topological polar surface area (TPSA) is 30.0 Å². The standard InChI is InChI=1S/C18H21NO/c1-3-14(2)18(15-9-5-4-6-10-15)17(20)13-16-11-7-8-12-19-16/h4-12,14,18H,3,13H2,1-2H3. The van der Waals surface area contributed by atoms with Crippen LogP contribution in [0.1, 0.15) is 37.4 Å². The lowest BCUT2D eigenvalue weighted by Gasteiger charge is -2.22. The molecule has 1 aromatic carbocycles. The lowest BCUT2D eigenvalue weighted by Crippen LogP contribution is -2.21. The highest BCUT2D eigenvalue weighted by atomic mass is 16.1. The van der Waals surface area contributed by atoms with E-state index < -0.39 is 0 Å². The Balaban J connectivity index is 2.21. The molecule has 104 valence electrons. The number of nitrogens with zero attached hydrogens (tertiary/aromatic N) is 1. The van der Waals surface area contributed by atoms with E-state index >= 15 is 0 Å². The number of benzene rings is 1. The van der Waals surface area contributed by atoms with Gasteiger partial charge in [0.1, 0.15) is 5.78 Å². The average molecular weight is 267 g/mol. The summed E-state index contributed by atoms with van der Waals surface area (Å²) < 4.78 is 0. The second-order valence-electron chi connectivity index (χ2n) is 5.24. The average Bonchev–Trinajstić information content (AvgIpc) is 2.49. The van der Waals surface area contributed by atoms with Gasteiger partial charge in [0.05, 0.1) is 0 Å². The third kappa shape index (κ3) is 3.53. The number of rotatable bonds is 6. The minimum absolute atomic E-state index is 0.0387. The Labute approximate surface area is 120 Å². The van der Waals surface area contributed by atoms with Crippen LogP contribution in [0.15, 0.2) is 54.7 Å². The van der Waals surface area contributed by atoms with Crippen LogP contribution in [0, 0.1) is 5.92 Å². The summed E-state index contributed by atoms with van der Waals surface area (Å²) in [5.74, 6) is 0.557. The fourth-order valence-corrected chi connectivity index (χ4v) is 2.52. The monoisotopic (exact) mass is 267 g/mol. The number of aromatic nitrogens is 1. The van der Waals surface area contributed by atoms with Crippen LogP contribution in [0.4, 0.5) is 0 Å². The molecule has 20 heavy (non-hydrogen) atoms. The molecule has 2 unspecified atom stereocenters. The van der Waals surface area contributed by atoms with E-state index in [0.717, 1.165) is 17.7 Å². The van der Waals surface area contributed by atoms with Crippen molar-refractivity contribution in [3.05, 3.63) is 66.0 Å². The molecular formula is C18H21NO. The number of ketones is 1. The molecule has 0 aliphatic carbocycles. The normalized spacial score (nSPS) is 13.7. The Morgan fingerprint density at radius 2 is 1.80 bits per heavy atom. The van der Waals surface area contributed by atoms with Crippen LogP contribution < -0.4 is 0 Å². The smallest absolute Gasteiger partial charge is 0.146 e. The number of hydrogen-bond acceptors (Lipinski definition) is 2. The molecule has 0 aliphatic heterocycles. The summed E-state index contributed by atoms with van der Waals surface area (Å²) in [5.41, 5.74) is 1.96. The van der Waals surface area contributed by atoms with E-state index in [4.69, 9.17) is 0 Å². The molecule has 2 rings (SSSR count). The van der Waals surface area contributed by atoms with Crippen LogP contribution in [0.3, 0.4) is 0 Å². The molecule has 0 N–H and O–H groups in total. The summed E-state index contributed by atoms with van der Waals surface area (Å²) >= 11 is 0. The Morgan fingerprint density at radius 1 is 1.10 bits per heavy atom. The number of hydrogen-bond donors (Lipinski definition) is 0. The van der Waals surface area contributed by atoms with E-state index in [9.17, 15) is 4.79 Å². The van der Waals surface area contributed by atoms with Crippen LogP contribution in [0.2, 0.25) is 0 Å². The van der Waals surface area contributed by atoms with Crippen molar-refractivity contribution >= 4 is 5.78 Å². The summed E-state index contributed by atoms with van der Waals surface area (Å²) in [6, 6.07) is 15.8. The molecule has 1 aromatic heterocycles. The number of pyridine rings is 1. The molecular weight excluding hydrogens is 246 g/mol. The first-order valence-corrected chi connectivity index (χ1v) is 7.20. The maximum absolute atomic E-state index is 12.7. The summed E-state index contributed by atoms with van der Waals surface area (Å²) in [6.07, 6.45) is 3.14. The Bertz CT molecular complexity index is 536. The van der Waals surface area contributed by atoms with E-state index in [1.54, 1.807) is 6.20 Å². The molecule has 2 aromatic rings. The molecule has 0 amide bonds. The van der Waals surface area contributed by atoms with Crippen molar-refractivity contribution in [1.82, 2.24) is 4.98 Å². The van der Waals surface area contributed by atoms with Crippen LogP contribution in [0.5, 0.6) is 0 Å². The highest BCUT2D eigenvalue weighted by molar-refractivity contribution is 5.87. The van der Waals surface area contributed by atoms with Gasteiger partial charge in [0.2, 0.25) is 0 Å². The summed E-state index contributed by atoms with van der Waals surface area (Å²) in [5, 5.41) is 0. The SMILES string of the molecule is CCC(C)C(C(=O)Cc1ccccn1)c1ccccc1. The Kier molecular flexibility index (Phi) is 5.05. The molecule has 0 bridgehead atoms. The number of carbonyl (C=O) groups excluding carboxylic acids is 1. The van der Waals surface area contributed by atoms with Gasteiger partial charge >= 0.3 is 0 Å². The quantitative estimate of drug-likeness (QED) is 0.791. The second kappa shape index (κ2) is 6.99. The number of Topliss-reactive ketones (excluding diaryl/α,β-unsaturated/α-hetero) is 1. The maximum Gasteiger partial charge on any atom is 0.146 e. The van der Waals surface area contributed by atoms with Gasteiger partial charge in [-0.2, -0.15) is 0 Å². The molecule has 2 heteroatoms. The molecule has 0 saturated heterocycles. The van der Waals surface area contributed by atoms with Gasteiger partial charge in [-0.25, -0.2) is 0 Å². The van der Waals surface area contributed by atoms with E-state index in [1.807, 2.05) is 48.5 Å². The van der Waals surface area contributed by atoms with Gasteiger partial charge in [-0.05, 0) is 23.6 Å². The Hall–Kier alpha value is -1.96. The van der Waals surface area contributed by atoms with Crippen molar-refractivity contribution in [2.45, 2.75) is 32.6 Å². The first-order valence-electron chi connectivity index (χ1n) is 7.20. The number of carbonyl (C=O) groups is 1. The van der Waals surface area contributed by atoms with E-state index in [1.165, 1.54) is 0 Å². The molecule has 0 radical (unpaired) electrons. The Morgan fingerprint density at radius 3 is 2.40 bits per heavy atom. The molecule has 0 aliphatic rings. The van der Waals surface area contributed by atoms with Crippen molar-refractivity contribution in [1.29, 1.82) is 0 Å². The molecule has 0 spiro atoms. The van der Waals surface area contributed by atoms with Crippen molar-refractivity contribution in [3.8, 4) is 0 Å². The zero-order valence-electron chi connectivity index (χ0n) is 12.1. The third-order valence-electron chi connectivity index (χ3n) is 3.80. The zero-order chi connectivity index (χ0) is 14.4. The minimum atomic E-state index is -0.0387. The summed E-state index contributed by atoms with van der Waals surface area (Å²) in [7, 11) is 0. The van der Waals surface area contributed by atoms with E-state index in [2.05, 4.69) is 18.8 Å². The lowest BCUT2D eigenvalue weighted by atomic mass is 9.81. The fourth-order valence-electron chi connectivity index (χ4n) is 2.52. The molecule has 2 atom stereocenters. The van der Waals surface area contributed by atoms with Crippen molar-refractivity contribution in [2.75, 3.05) is 0 Å². The van der Waals surface area contributed by atoms with E-state index in [0.29, 0.717) is 12.3 Å². The molecule has 1 heterocycles. The maximum atomic E-state index is 12.7. The highest BCUT2D eigenvalue weighted by Gasteiger charge is 2.25. The molecule has 0 fully saturated rings. The minimum Gasteiger partial charge on any atom is -0.299 e. The van der Waals surface area contributed by atoms with Crippen LogP contribution in [-0.4, -0.2) is 10.8 Å². The van der Waals surface area contributed by atoms with Crippen molar-refractivity contribution < 1.29 is 4.79 Å². The fraction of sp³-hybridized carbons (Fsp3) is 0.333. The predicted octanol–water partition coefficient (Wildman–Crippen LogP) is 4.02. The van der Waals surface area contributed by atoms with Gasteiger partial charge in [0.15, 0.2) is 0 Å². The summed E-state index contributed by atoms with van der Waals surface area (Å²) in [6.45, 7) is 4.28. The van der Waals surface area contributed by atoms with Crippen LogP contribution >= 0.6 is 0 Å². The van der Waals surface area contributed by atoms with Gasteiger partial charge in [-0.15, -0.1) is 0 Å². The first-order chi connectivity index (χ1) is 9.72. The van der Waals surface area contributed by atoms with Gasteiger partial charge < -0.3 is 0 Å². The van der Waals surface area contributed by atoms with Gasteiger partial charge in [-0.3, -0.25) is 9.78 Å². The van der Waals surface area contributed by atoms with Crippen molar-refractivity contribution in [2.24, 2.45) is 5.92 Å². The van der Waals surface area contributed by atoms with E-state index in [-0.39, 0.29) is 11.7 Å². The van der Waals surface area contributed by atoms with Gasteiger partial charge in [0, 0.05) is 24.2 Å². The van der Waals surface area contributed by atoms with Gasteiger partial charge in [-0.1, -0.05) is 56.7 Å². The largest absolute Gasteiger partial charge is 0.299 e. The highest BCUT2D eigenvalue weighted by Crippen LogP contribution is 2.28. The second-order valence-corrected chi connectivity index (χ2v) is 5.24. The van der Waals surface area contributed by atoms with Crippen molar-refractivity contribution in [3.63, 3.8) is 0 Å². The zero-order valence-corrected chi connectivity index (χ0v) is 12.1. The third-order valence-corrected chi connectivity index (χ3v) is 3.80. The summed E-state index contributed by atoms with van der Waals surface area (Å²) in [4.78, 5) is 16.9. The predicted molar refractivity (Wildman–Crippen MR) is 81.6 cm³/mol. The lowest BCUT2D eigenvalue weighted by molar-refractivity contribution is -0.121. The molecule has 2 nitrogen and oxygen atoms in total. The first kappa shape index (κ1) is 14.4. The molecule has 0 saturated carbocycles. The van der Waals surface area contributed by atoms with Gasteiger partial charge in [0.25, 0.3) is 0 Å². The van der Waals surface area contributed by atoms with Crippen LogP contribution in [0.25, 0.3) is 0 Å².